The van der Waals surface area contributed by atoms with Crippen molar-refractivity contribution in [3.63, 3.8) is 0 Å². The highest BCUT2D eigenvalue weighted by Crippen LogP contribution is 2.25. The maximum atomic E-state index is 13.0. The Morgan fingerprint density at radius 3 is 2.71 bits per heavy atom. The lowest BCUT2D eigenvalue weighted by atomic mass is 10.0. The summed E-state index contributed by atoms with van der Waals surface area (Å²) in [4.78, 5) is 13.0. The molecule has 28 heavy (non-hydrogen) atoms. The summed E-state index contributed by atoms with van der Waals surface area (Å²) in [5.74, 6) is -0.0544. The molecule has 2 aromatic carbocycles. The van der Waals surface area contributed by atoms with Gasteiger partial charge in [0.1, 0.15) is 5.69 Å². The van der Waals surface area contributed by atoms with Crippen LogP contribution in [0.1, 0.15) is 33.5 Å². The molecule has 0 aliphatic carbocycles. The number of rotatable bonds is 5. The fourth-order valence-electron chi connectivity index (χ4n) is 3.58. The van der Waals surface area contributed by atoms with Crippen LogP contribution in [0.5, 0.6) is 0 Å². The zero-order chi connectivity index (χ0) is 19.5. The Morgan fingerprint density at radius 2 is 2.00 bits per heavy atom. The quantitative estimate of drug-likeness (QED) is 0.720. The van der Waals surface area contributed by atoms with Crippen molar-refractivity contribution >= 4 is 5.91 Å². The van der Waals surface area contributed by atoms with E-state index in [1.54, 1.807) is 0 Å². The van der Waals surface area contributed by atoms with Crippen LogP contribution in [0, 0.1) is 13.8 Å². The van der Waals surface area contributed by atoms with Gasteiger partial charge < -0.3 is 10.6 Å². The Hall–Kier alpha value is -2.92. The third-order valence-electron chi connectivity index (χ3n) is 5.37. The Balaban J connectivity index is 1.68. The number of amides is 1. The summed E-state index contributed by atoms with van der Waals surface area (Å²) in [6, 6.07) is 16.6. The van der Waals surface area contributed by atoms with Crippen molar-refractivity contribution in [1.82, 2.24) is 20.4 Å². The van der Waals surface area contributed by atoms with Gasteiger partial charge in [0.2, 0.25) is 0 Å². The van der Waals surface area contributed by atoms with Gasteiger partial charge in [0.15, 0.2) is 0 Å². The number of carbonyl (C=O) groups is 1. The van der Waals surface area contributed by atoms with E-state index in [2.05, 4.69) is 48.7 Å². The van der Waals surface area contributed by atoms with Gasteiger partial charge in [-0.25, -0.2) is 0 Å². The van der Waals surface area contributed by atoms with Crippen LogP contribution in [-0.2, 0) is 6.54 Å². The normalized spacial score (nSPS) is 16.3. The minimum Gasteiger partial charge on any atom is -0.348 e. The van der Waals surface area contributed by atoms with Crippen molar-refractivity contribution in [1.29, 1.82) is 0 Å². The number of aryl methyl sites for hydroxylation is 2. The Morgan fingerprint density at radius 1 is 1.18 bits per heavy atom. The van der Waals surface area contributed by atoms with E-state index in [1.165, 1.54) is 11.1 Å². The molecule has 2 heterocycles. The number of benzene rings is 2. The van der Waals surface area contributed by atoms with E-state index in [4.69, 9.17) is 5.10 Å². The molecule has 0 spiro atoms. The van der Waals surface area contributed by atoms with E-state index in [9.17, 15) is 4.79 Å². The molecule has 5 heteroatoms. The van der Waals surface area contributed by atoms with Gasteiger partial charge in [-0.2, -0.15) is 5.10 Å². The second-order valence-electron chi connectivity index (χ2n) is 7.54. The first-order chi connectivity index (χ1) is 13.6. The molecule has 0 saturated carbocycles. The van der Waals surface area contributed by atoms with Gasteiger partial charge in [0.25, 0.3) is 5.91 Å². The lowest BCUT2D eigenvalue weighted by molar-refractivity contribution is 0.0940. The molecule has 1 amide bonds. The molecule has 4 rings (SSSR count). The number of aromatic nitrogens is 2. The standard InChI is InChI=1S/C23H26N4O/c1-16-8-9-19(12-17(16)2)22-21(23(28)25-20-10-11-24-13-20)15-27(26-22)14-18-6-4-3-5-7-18/h3-9,12,15,20,24H,10-11,13-14H2,1-2H3,(H,25,28). The first kappa shape index (κ1) is 18.4. The van der Waals surface area contributed by atoms with Crippen molar-refractivity contribution in [2.75, 3.05) is 13.1 Å². The summed E-state index contributed by atoms with van der Waals surface area (Å²) in [5.41, 5.74) is 5.93. The van der Waals surface area contributed by atoms with Gasteiger partial charge in [-0.1, -0.05) is 42.5 Å². The van der Waals surface area contributed by atoms with Crippen LogP contribution in [0.15, 0.2) is 54.7 Å². The van der Waals surface area contributed by atoms with Crippen molar-refractivity contribution in [2.45, 2.75) is 32.9 Å². The highest BCUT2D eigenvalue weighted by molar-refractivity contribution is 6.00. The first-order valence-electron chi connectivity index (χ1n) is 9.81. The molecular formula is C23H26N4O. The van der Waals surface area contributed by atoms with E-state index in [1.807, 2.05) is 35.1 Å². The van der Waals surface area contributed by atoms with Crippen LogP contribution in [0.4, 0.5) is 0 Å². The Kier molecular flexibility index (Phi) is 5.26. The zero-order valence-corrected chi connectivity index (χ0v) is 16.4. The average molecular weight is 374 g/mol. The zero-order valence-electron chi connectivity index (χ0n) is 16.4. The summed E-state index contributed by atoms with van der Waals surface area (Å²) in [7, 11) is 0. The van der Waals surface area contributed by atoms with Gasteiger partial charge in [-0.05, 0) is 49.6 Å². The SMILES string of the molecule is Cc1ccc(-c2nn(Cc3ccccc3)cc2C(=O)NC2CCNC2)cc1C. The molecule has 1 aliphatic rings. The fourth-order valence-corrected chi connectivity index (χ4v) is 3.58. The maximum absolute atomic E-state index is 13.0. The lowest BCUT2D eigenvalue weighted by Gasteiger charge is -2.11. The van der Waals surface area contributed by atoms with Crippen molar-refractivity contribution in [2.24, 2.45) is 0 Å². The topological polar surface area (TPSA) is 59.0 Å². The van der Waals surface area contributed by atoms with Crippen LogP contribution < -0.4 is 10.6 Å². The summed E-state index contributed by atoms with van der Waals surface area (Å²) in [6.45, 7) is 6.58. The molecule has 0 radical (unpaired) electrons. The van der Waals surface area contributed by atoms with Crippen LogP contribution in [0.3, 0.4) is 0 Å². The van der Waals surface area contributed by atoms with Gasteiger partial charge in [-0.3, -0.25) is 9.48 Å². The van der Waals surface area contributed by atoms with Crippen LogP contribution in [-0.4, -0.2) is 34.8 Å². The molecule has 0 bridgehead atoms. The summed E-state index contributed by atoms with van der Waals surface area (Å²) in [6.07, 6.45) is 2.83. The van der Waals surface area contributed by atoms with Crippen LogP contribution >= 0.6 is 0 Å². The van der Waals surface area contributed by atoms with Gasteiger partial charge in [-0.15, -0.1) is 0 Å². The van der Waals surface area contributed by atoms with Crippen LogP contribution in [0.25, 0.3) is 11.3 Å². The van der Waals surface area contributed by atoms with E-state index in [0.29, 0.717) is 12.1 Å². The summed E-state index contributed by atoms with van der Waals surface area (Å²) >= 11 is 0. The van der Waals surface area contributed by atoms with Crippen molar-refractivity contribution in [3.8, 4) is 11.3 Å². The average Bonchev–Trinajstić information content (AvgIpc) is 3.35. The number of hydrogen-bond acceptors (Lipinski definition) is 3. The van der Waals surface area contributed by atoms with Crippen LogP contribution in [0.2, 0.25) is 0 Å². The van der Waals surface area contributed by atoms with E-state index in [0.717, 1.165) is 36.3 Å². The molecule has 1 unspecified atom stereocenters. The largest absolute Gasteiger partial charge is 0.348 e. The van der Waals surface area contributed by atoms with Gasteiger partial charge in [0, 0.05) is 24.3 Å². The minimum absolute atomic E-state index is 0.0544. The maximum Gasteiger partial charge on any atom is 0.255 e. The third-order valence-corrected chi connectivity index (χ3v) is 5.37. The molecule has 1 aliphatic heterocycles. The van der Waals surface area contributed by atoms with Crippen molar-refractivity contribution in [3.05, 3.63) is 77.0 Å². The van der Waals surface area contributed by atoms with Crippen molar-refractivity contribution < 1.29 is 4.79 Å². The lowest BCUT2D eigenvalue weighted by Crippen LogP contribution is -2.36. The van der Waals surface area contributed by atoms with E-state index < -0.39 is 0 Å². The Bertz CT molecular complexity index is 972. The smallest absolute Gasteiger partial charge is 0.255 e. The van der Waals surface area contributed by atoms with Gasteiger partial charge in [0.05, 0.1) is 12.1 Å². The highest BCUT2D eigenvalue weighted by Gasteiger charge is 2.22. The predicted octanol–water partition coefficient (Wildman–Crippen LogP) is 3.31. The fraction of sp³-hybridized carbons (Fsp3) is 0.304. The number of carbonyl (C=O) groups excluding carboxylic acids is 1. The molecule has 5 nitrogen and oxygen atoms in total. The molecule has 1 aromatic heterocycles. The first-order valence-corrected chi connectivity index (χ1v) is 9.81. The molecule has 144 valence electrons. The van der Waals surface area contributed by atoms with E-state index in [-0.39, 0.29) is 11.9 Å². The summed E-state index contributed by atoms with van der Waals surface area (Å²) < 4.78 is 1.86. The molecule has 1 atom stereocenters. The van der Waals surface area contributed by atoms with E-state index >= 15 is 0 Å². The number of nitrogens with one attached hydrogen (secondary N) is 2. The number of nitrogens with zero attached hydrogens (tertiary/aromatic N) is 2. The molecule has 2 N–H and O–H groups in total. The predicted molar refractivity (Wildman–Crippen MR) is 111 cm³/mol. The summed E-state index contributed by atoms with van der Waals surface area (Å²) in [5, 5.41) is 11.2. The molecule has 1 saturated heterocycles. The molecule has 3 aromatic rings. The highest BCUT2D eigenvalue weighted by atomic mass is 16.1. The second-order valence-corrected chi connectivity index (χ2v) is 7.54. The molecule has 1 fully saturated rings. The monoisotopic (exact) mass is 374 g/mol. The minimum atomic E-state index is -0.0544. The Labute approximate surface area is 165 Å². The third kappa shape index (κ3) is 3.99. The van der Waals surface area contributed by atoms with Gasteiger partial charge >= 0.3 is 0 Å². The second kappa shape index (κ2) is 7.98. The number of hydrogen-bond donors (Lipinski definition) is 2. The molecular weight excluding hydrogens is 348 g/mol.